The maximum Gasteiger partial charge on any atom is 0.326 e. The number of rotatable bonds is 7. The first-order valence-electron chi connectivity index (χ1n) is 8.90. The Hall–Kier alpha value is -1.88. The lowest BCUT2D eigenvalue weighted by atomic mass is 10.00. The average Bonchev–Trinajstić information content (AvgIpc) is 2.61. The lowest BCUT2D eigenvalue weighted by Crippen LogP contribution is -2.48. The fourth-order valence-electron chi connectivity index (χ4n) is 3.26. The molecular formula is C19H28N2O3. The Labute approximate surface area is 144 Å². The predicted octanol–water partition coefficient (Wildman–Crippen LogP) is 2.85. The first-order valence-corrected chi connectivity index (χ1v) is 8.90. The number of esters is 1. The fraction of sp³-hybridized carbons (Fsp3) is 0.579. The molecule has 132 valence electrons. The van der Waals surface area contributed by atoms with Crippen LogP contribution in [0.5, 0.6) is 0 Å². The number of amides is 1. The number of nitrogens with zero attached hydrogens (tertiary/aromatic N) is 2. The molecule has 5 heteroatoms. The SMILES string of the molecule is CCOC(=O)CN(C(=O)CN1CCCCC1CC)c1ccccc1. The van der Waals surface area contributed by atoms with E-state index in [2.05, 4.69) is 11.8 Å². The van der Waals surface area contributed by atoms with Crippen molar-refractivity contribution in [1.29, 1.82) is 0 Å². The van der Waals surface area contributed by atoms with Crippen LogP contribution in [0.4, 0.5) is 5.69 Å². The monoisotopic (exact) mass is 332 g/mol. The van der Waals surface area contributed by atoms with Gasteiger partial charge in [-0.05, 0) is 44.9 Å². The maximum absolute atomic E-state index is 12.9. The molecule has 1 saturated heterocycles. The van der Waals surface area contributed by atoms with Crippen molar-refractivity contribution in [3.8, 4) is 0 Å². The van der Waals surface area contributed by atoms with Crippen molar-refractivity contribution in [3.63, 3.8) is 0 Å². The van der Waals surface area contributed by atoms with Crippen LogP contribution in [0.2, 0.25) is 0 Å². The first-order chi connectivity index (χ1) is 11.7. The van der Waals surface area contributed by atoms with Crippen LogP contribution in [0.3, 0.4) is 0 Å². The molecule has 1 heterocycles. The Bertz CT molecular complexity index is 533. The number of benzene rings is 1. The lowest BCUT2D eigenvalue weighted by Gasteiger charge is -2.36. The van der Waals surface area contributed by atoms with Crippen LogP contribution in [0.1, 0.15) is 39.5 Å². The van der Waals surface area contributed by atoms with Gasteiger partial charge in [0, 0.05) is 11.7 Å². The van der Waals surface area contributed by atoms with Gasteiger partial charge in [0.15, 0.2) is 0 Å². The summed E-state index contributed by atoms with van der Waals surface area (Å²) in [6.07, 6.45) is 4.56. The predicted molar refractivity (Wildman–Crippen MR) is 94.9 cm³/mol. The Morgan fingerprint density at radius 1 is 1.21 bits per heavy atom. The van der Waals surface area contributed by atoms with Gasteiger partial charge < -0.3 is 9.64 Å². The number of likely N-dealkylation sites (tertiary alicyclic amines) is 1. The molecule has 1 aromatic rings. The van der Waals surface area contributed by atoms with Crippen molar-refractivity contribution in [2.24, 2.45) is 0 Å². The van der Waals surface area contributed by atoms with Gasteiger partial charge in [0.05, 0.1) is 13.2 Å². The molecule has 1 aliphatic heterocycles. The summed E-state index contributed by atoms with van der Waals surface area (Å²) in [5, 5.41) is 0. The van der Waals surface area contributed by atoms with E-state index in [9.17, 15) is 9.59 Å². The molecule has 24 heavy (non-hydrogen) atoms. The summed E-state index contributed by atoms with van der Waals surface area (Å²) >= 11 is 0. The minimum absolute atomic E-state index is 0.0404. The molecule has 0 radical (unpaired) electrons. The molecule has 0 aromatic heterocycles. The molecule has 0 aliphatic carbocycles. The molecule has 1 amide bonds. The smallest absolute Gasteiger partial charge is 0.326 e. The van der Waals surface area contributed by atoms with Crippen molar-refractivity contribution >= 4 is 17.6 Å². The molecule has 0 saturated carbocycles. The highest BCUT2D eigenvalue weighted by Gasteiger charge is 2.26. The van der Waals surface area contributed by atoms with Gasteiger partial charge in [-0.3, -0.25) is 14.5 Å². The Morgan fingerprint density at radius 3 is 2.62 bits per heavy atom. The highest BCUT2D eigenvalue weighted by Crippen LogP contribution is 2.20. The summed E-state index contributed by atoms with van der Waals surface area (Å²) in [4.78, 5) is 28.6. The molecule has 0 N–H and O–H groups in total. The number of carbonyl (C=O) groups is 2. The van der Waals surface area contributed by atoms with E-state index in [4.69, 9.17) is 4.74 Å². The second-order valence-corrected chi connectivity index (χ2v) is 6.15. The lowest BCUT2D eigenvalue weighted by molar-refractivity contribution is -0.142. The second-order valence-electron chi connectivity index (χ2n) is 6.15. The van der Waals surface area contributed by atoms with E-state index in [1.807, 2.05) is 30.3 Å². The van der Waals surface area contributed by atoms with Gasteiger partial charge in [-0.15, -0.1) is 0 Å². The summed E-state index contributed by atoms with van der Waals surface area (Å²) < 4.78 is 5.03. The molecule has 0 bridgehead atoms. The normalized spacial score (nSPS) is 18.2. The van der Waals surface area contributed by atoms with Crippen molar-refractivity contribution in [2.45, 2.75) is 45.6 Å². The molecule has 2 rings (SSSR count). The number of hydrogen-bond donors (Lipinski definition) is 0. The summed E-state index contributed by atoms with van der Waals surface area (Å²) in [7, 11) is 0. The van der Waals surface area contributed by atoms with Crippen molar-refractivity contribution in [2.75, 3.05) is 31.1 Å². The number of carbonyl (C=O) groups excluding carboxylic acids is 2. The molecule has 1 aliphatic rings. The van der Waals surface area contributed by atoms with Gasteiger partial charge in [-0.1, -0.05) is 31.5 Å². The number of para-hydroxylation sites is 1. The van der Waals surface area contributed by atoms with E-state index in [1.165, 1.54) is 6.42 Å². The van der Waals surface area contributed by atoms with Crippen LogP contribution in [-0.2, 0) is 14.3 Å². The van der Waals surface area contributed by atoms with Gasteiger partial charge in [0.25, 0.3) is 0 Å². The standard InChI is InChI=1S/C19H28N2O3/c1-3-16-10-8-9-13-20(16)14-18(22)21(15-19(23)24-4-2)17-11-6-5-7-12-17/h5-7,11-12,16H,3-4,8-10,13-15H2,1-2H3. The molecule has 1 fully saturated rings. The Morgan fingerprint density at radius 2 is 1.96 bits per heavy atom. The van der Waals surface area contributed by atoms with Crippen molar-refractivity contribution in [3.05, 3.63) is 30.3 Å². The molecule has 0 spiro atoms. The fourth-order valence-corrected chi connectivity index (χ4v) is 3.26. The average molecular weight is 332 g/mol. The van der Waals surface area contributed by atoms with Crippen LogP contribution in [0.15, 0.2) is 30.3 Å². The molecule has 5 nitrogen and oxygen atoms in total. The highest BCUT2D eigenvalue weighted by atomic mass is 16.5. The first kappa shape index (κ1) is 18.5. The van der Waals surface area contributed by atoms with Crippen molar-refractivity contribution in [1.82, 2.24) is 4.90 Å². The Kier molecular flexibility index (Phi) is 7.25. The van der Waals surface area contributed by atoms with Gasteiger partial charge in [0.1, 0.15) is 6.54 Å². The highest BCUT2D eigenvalue weighted by molar-refractivity contribution is 5.98. The minimum atomic E-state index is -0.375. The molecule has 1 atom stereocenters. The van der Waals surface area contributed by atoms with E-state index in [0.717, 1.165) is 31.5 Å². The van der Waals surface area contributed by atoms with Crippen LogP contribution >= 0.6 is 0 Å². The third kappa shape index (κ3) is 5.06. The quantitative estimate of drug-likeness (QED) is 0.721. The zero-order valence-electron chi connectivity index (χ0n) is 14.7. The number of piperidine rings is 1. The number of ether oxygens (including phenoxy) is 1. The zero-order chi connectivity index (χ0) is 17.4. The van der Waals surface area contributed by atoms with E-state index in [-0.39, 0.29) is 18.4 Å². The second kappa shape index (κ2) is 9.42. The van der Waals surface area contributed by atoms with Gasteiger partial charge in [0.2, 0.25) is 5.91 Å². The number of anilines is 1. The van der Waals surface area contributed by atoms with E-state index in [0.29, 0.717) is 19.2 Å². The van der Waals surface area contributed by atoms with Gasteiger partial charge in [-0.2, -0.15) is 0 Å². The summed E-state index contributed by atoms with van der Waals surface area (Å²) in [6.45, 7) is 5.52. The summed E-state index contributed by atoms with van der Waals surface area (Å²) in [6, 6.07) is 9.80. The Balaban J connectivity index is 2.10. The van der Waals surface area contributed by atoms with Crippen LogP contribution in [-0.4, -0.2) is 49.1 Å². The van der Waals surface area contributed by atoms with E-state index in [1.54, 1.807) is 11.8 Å². The molecule has 1 aromatic carbocycles. The largest absolute Gasteiger partial charge is 0.465 e. The van der Waals surface area contributed by atoms with Crippen molar-refractivity contribution < 1.29 is 14.3 Å². The maximum atomic E-state index is 12.9. The van der Waals surface area contributed by atoms with Crippen LogP contribution < -0.4 is 4.90 Å². The molecular weight excluding hydrogens is 304 g/mol. The summed E-state index contributed by atoms with van der Waals surface area (Å²) in [5.41, 5.74) is 0.737. The topological polar surface area (TPSA) is 49.9 Å². The molecule has 1 unspecified atom stereocenters. The number of hydrogen-bond acceptors (Lipinski definition) is 4. The summed E-state index contributed by atoms with van der Waals surface area (Å²) in [5.74, 6) is -0.421. The zero-order valence-corrected chi connectivity index (χ0v) is 14.7. The van der Waals surface area contributed by atoms with Gasteiger partial charge >= 0.3 is 5.97 Å². The van der Waals surface area contributed by atoms with Crippen LogP contribution in [0, 0.1) is 0 Å². The van der Waals surface area contributed by atoms with E-state index >= 15 is 0 Å². The van der Waals surface area contributed by atoms with Crippen LogP contribution in [0.25, 0.3) is 0 Å². The third-order valence-electron chi connectivity index (χ3n) is 4.52. The van der Waals surface area contributed by atoms with E-state index < -0.39 is 0 Å². The minimum Gasteiger partial charge on any atom is -0.465 e. The third-order valence-corrected chi connectivity index (χ3v) is 4.52. The van der Waals surface area contributed by atoms with Gasteiger partial charge in [-0.25, -0.2) is 0 Å².